The molecule has 0 bridgehead atoms. The molecule has 0 aliphatic rings. The number of nitrogens with one attached hydrogen (secondary N) is 1. The van der Waals surface area contributed by atoms with Gasteiger partial charge in [-0.3, -0.25) is 4.79 Å². The molecule has 4 aromatic rings. The molecule has 1 N–H and O–H groups in total. The number of aryl methyl sites for hydroxylation is 1. The van der Waals surface area contributed by atoms with Gasteiger partial charge in [0.1, 0.15) is 22.8 Å². The third kappa shape index (κ3) is 4.93. The van der Waals surface area contributed by atoms with Crippen LogP contribution in [0, 0.1) is 6.92 Å². The number of para-hydroxylation sites is 2. The van der Waals surface area contributed by atoms with E-state index in [4.69, 9.17) is 18.6 Å². The minimum absolute atomic E-state index is 0.167. The van der Waals surface area contributed by atoms with Crippen molar-refractivity contribution in [3.63, 3.8) is 0 Å². The van der Waals surface area contributed by atoms with Crippen LogP contribution in [-0.2, 0) is 11.2 Å². The largest absolute Gasteiger partial charge is 0.496 e. The number of allylic oxidation sites excluding steroid dienone is 1. The van der Waals surface area contributed by atoms with E-state index in [0.29, 0.717) is 18.7 Å². The van der Waals surface area contributed by atoms with Gasteiger partial charge >= 0.3 is 0 Å². The third-order valence-electron chi connectivity index (χ3n) is 6.30. The normalized spacial score (nSPS) is 11.4. The minimum atomic E-state index is -0.167. The van der Waals surface area contributed by atoms with Crippen molar-refractivity contribution >= 4 is 22.4 Å². The number of ether oxygens (including phenoxy) is 3. The Morgan fingerprint density at radius 3 is 2.36 bits per heavy atom. The Morgan fingerprint density at radius 2 is 1.64 bits per heavy atom. The molecular weight excluding hydrogens is 454 g/mol. The Hall–Kier alpha value is -4.19. The van der Waals surface area contributed by atoms with Gasteiger partial charge in [-0.1, -0.05) is 36.4 Å². The van der Waals surface area contributed by atoms with Crippen LogP contribution >= 0.6 is 0 Å². The van der Waals surface area contributed by atoms with Crippen LogP contribution < -0.4 is 19.5 Å². The first kappa shape index (κ1) is 24.9. The highest BCUT2D eigenvalue weighted by molar-refractivity contribution is 6.02. The molecule has 1 amide bonds. The van der Waals surface area contributed by atoms with Crippen LogP contribution in [0.15, 0.2) is 71.4 Å². The fourth-order valence-electron chi connectivity index (χ4n) is 4.50. The second-order valence-electron chi connectivity index (χ2n) is 8.49. The predicted molar refractivity (Wildman–Crippen MR) is 143 cm³/mol. The quantitative estimate of drug-likeness (QED) is 0.286. The average molecular weight is 486 g/mol. The molecule has 3 aromatic carbocycles. The highest BCUT2D eigenvalue weighted by Gasteiger charge is 2.20. The molecule has 0 saturated heterocycles. The Balaban J connectivity index is 1.63. The molecule has 0 atom stereocenters. The lowest BCUT2D eigenvalue weighted by molar-refractivity contribution is -0.116. The van der Waals surface area contributed by atoms with Crippen LogP contribution in [0.5, 0.6) is 17.2 Å². The maximum Gasteiger partial charge on any atom is 0.244 e. The lowest BCUT2D eigenvalue weighted by Gasteiger charge is -2.14. The maximum absolute atomic E-state index is 12.7. The van der Waals surface area contributed by atoms with Crippen molar-refractivity contribution < 1.29 is 23.4 Å². The minimum Gasteiger partial charge on any atom is -0.496 e. The summed E-state index contributed by atoms with van der Waals surface area (Å²) in [6.45, 7) is 4.37. The molecule has 6 heteroatoms. The van der Waals surface area contributed by atoms with Crippen LogP contribution in [0.3, 0.4) is 0 Å². The molecule has 0 unspecified atom stereocenters. The van der Waals surface area contributed by atoms with E-state index in [1.165, 1.54) is 0 Å². The summed E-state index contributed by atoms with van der Waals surface area (Å²) in [6, 6.07) is 17.6. The van der Waals surface area contributed by atoms with E-state index in [-0.39, 0.29) is 5.91 Å². The summed E-state index contributed by atoms with van der Waals surface area (Å²) < 4.78 is 22.7. The summed E-state index contributed by atoms with van der Waals surface area (Å²) in [5.74, 6) is 2.09. The molecule has 1 heterocycles. The van der Waals surface area contributed by atoms with Gasteiger partial charge in [-0.2, -0.15) is 0 Å². The van der Waals surface area contributed by atoms with E-state index < -0.39 is 0 Å². The summed E-state index contributed by atoms with van der Waals surface area (Å²) in [7, 11) is 4.93. The number of benzene rings is 3. The lowest BCUT2D eigenvalue weighted by atomic mass is 9.96. The van der Waals surface area contributed by atoms with Crippen LogP contribution in [0.4, 0.5) is 0 Å². The zero-order valence-electron chi connectivity index (χ0n) is 21.3. The molecule has 4 rings (SSSR count). The van der Waals surface area contributed by atoms with Crippen LogP contribution in [0.1, 0.15) is 23.6 Å². The standard InChI is InChI=1S/C30H31NO5/c1-19(16-28(32)31-15-14-21-10-6-8-12-26(21)33-3)23-17-24-25(22-11-7-9-13-27(22)34-4)18-36-30(24)20(2)29(23)35-5/h6-13,16-18H,14-15H2,1-5H3,(H,31,32)/b19-16+. The van der Waals surface area contributed by atoms with E-state index >= 15 is 0 Å². The van der Waals surface area contributed by atoms with Gasteiger partial charge in [0.2, 0.25) is 5.91 Å². The Morgan fingerprint density at radius 1 is 0.944 bits per heavy atom. The monoisotopic (exact) mass is 485 g/mol. The second kappa shape index (κ2) is 11.0. The van der Waals surface area contributed by atoms with Crippen LogP contribution in [0.25, 0.3) is 27.7 Å². The van der Waals surface area contributed by atoms with E-state index in [9.17, 15) is 4.79 Å². The van der Waals surface area contributed by atoms with Gasteiger partial charge in [0, 0.05) is 40.3 Å². The number of carbonyl (C=O) groups excluding carboxylic acids is 1. The SMILES string of the molecule is COc1ccccc1CCNC(=O)/C=C(\C)c1cc2c(-c3ccccc3OC)coc2c(C)c1OC. The molecular formula is C30H31NO5. The van der Waals surface area contributed by atoms with Crippen molar-refractivity contribution in [3.8, 4) is 28.4 Å². The first-order valence-electron chi connectivity index (χ1n) is 11.8. The van der Waals surface area contributed by atoms with E-state index in [2.05, 4.69) is 5.32 Å². The van der Waals surface area contributed by atoms with E-state index in [1.807, 2.05) is 68.4 Å². The topological polar surface area (TPSA) is 69.9 Å². The summed E-state index contributed by atoms with van der Waals surface area (Å²) >= 11 is 0. The van der Waals surface area contributed by atoms with E-state index in [1.54, 1.807) is 33.7 Å². The van der Waals surface area contributed by atoms with Gasteiger partial charge in [0.25, 0.3) is 0 Å². The summed E-state index contributed by atoms with van der Waals surface area (Å²) in [5, 5.41) is 3.90. The molecule has 0 spiro atoms. The Kier molecular flexibility index (Phi) is 7.64. The number of methoxy groups -OCH3 is 3. The molecule has 0 radical (unpaired) electrons. The summed E-state index contributed by atoms with van der Waals surface area (Å²) in [4.78, 5) is 12.7. The number of hydrogen-bond donors (Lipinski definition) is 1. The molecule has 186 valence electrons. The molecule has 0 saturated carbocycles. The number of carbonyl (C=O) groups is 1. The fraction of sp³-hybridized carbons (Fsp3) is 0.233. The van der Waals surface area contributed by atoms with Gasteiger partial charge in [0.05, 0.1) is 27.6 Å². The average Bonchev–Trinajstić information content (AvgIpc) is 3.33. The zero-order valence-corrected chi connectivity index (χ0v) is 21.3. The maximum atomic E-state index is 12.7. The summed E-state index contributed by atoms with van der Waals surface area (Å²) in [5.41, 5.74) is 6.14. The van der Waals surface area contributed by atoms with Crippen molar-refractivity contribution in [2.75, 3.05) is 27.9 Å². The molecule has 0 aliphatic carbocycles. The number of hydrogen-bond acceptors (Lipinski definition) is 5. The van der Waals surface area contributed by atoms with Gasteiger partial charge in [-0.25, -0.2) is 0 Å². The smallest absolute Gasteiger partial charge is 0.244 e. The first-order chi connectivity index (χ1) is 17.5. The predicted octanol–water partition coefficient (Wildman–Crippen LogP) is 6.20. The zero-order chi connectivity index (χ0) is 25.7. The Bertz CT molecular complexity index is 1420. The van der Waals surface area contributed by atoms with Gasteiger partial charge in [-0.15, -0.1) is 0 Å². The van der Waals surface area contributed by atoms with Crippen molar-refractivity contribution in [2.45, 2.75) is 20.3 Å². The molecule has 1 aromatic heterocycles. The van der Waals surface area contributed by atoms with Gasteiger partial charge in [-0.05, 0) is 49.6 Å². The molecule has 0 fully saturated rings. The summed E-state index contributed by atoms with van der Waals surface area (Å²) in [6.07, 6.45) is 4.02. The van der Waals surface area contributed by atoms with Gasteiger partial charge in [0.15, 0.2) is 0 Å². The Labute approximate surface area is 211 Å². The van der Waals surface area contributed by atoms with Crippen LogP contribution in [0.2, 0.25) is 0 Å². The molecule has 36 heavy (non-hydrogen) atoms. The van der Waals surface area contributed by atoms with Crippen molar-refractivity contribution in [1.82, 2.24) is 5.32 Å². The van der Waals surface area contributed by atoms with Crippen LogP contribution in [-0.4, -0.2) is 33.8 Å². The number of furan rings is 1. The molecule has 6 nitrogen and oxygen atoms in total. The lowest BCUT2D eigenvalue weighted by Crippen LogP contribution is -2.24. The number of amides is 1. The number of rotatable bonds is 9. The third-order valence-corrected chi connectivity index (χ3v) is 6.30. The highest BCUT2D eigenvalue weighted by Crippen LogP contribution is 2.42. The van der Waals surface area contributed by atoms with Crippen molar-refractivity contribution in [1.29, 1.82) is 0 Å². The fourth-order valence-corrected chi connectivity index (χ4v) is 4.50. The molecule has 0 aliphatic heterocycles. The van der Waals surface area contributed by atoms with Gasteiger partial charge < -0.3 is 23.9 Å². The highest BCUT2D eigenvalue weighted by atomic mass is 16.5. The van der Waals surface area contributed by atoms with E-state index in [0.717, 1.165) is 55.9 Å². The van der Waals surface area contributed by atoms with Crippen molar-refractivity contribution in [3.05, 3.63) is 83.6 Å². The second-order valence-corrected chi connectivity index (χ2v) is 8.49. The number of fused-ring (bicyclic) bond motifs is 1. The first-order valence-corrected chi connectivity index (χ1v) is 11.8. The van der Waals surface area contributed by atoms with Crippen molar-refractivity contribution in [2.24, 2.45) is 0 Å².